The zero-order chi connectivity index (χ0) is 20.6. The molecule has 0 radical (unpaired) electrons. The summed E-state index contributed by atoms with van der Waals surface area (Å²) in [6.07, 6.45) is 2.63. The maximum Gasteiger partial charge on any atom is 0.414 e. The van der Waals surface area contributed by atoms with Crippen LogP contribution in [0, 0.1) is 5.92 Å². The van der Waals surface area contributed by atoms with E-state index in [1.165, 1.54) is 31.5 Å². The van der Waals surface area contributed by atoms with Crippen molar-refractivity contribution in [2.45, 2.75) is 46.0 Å². The van der Waals surface area contributed by atoms with Gasteiger partial charge in [0.25, 0.3) is 0 Å². The summed E-state index contributed by atoms with van der Waals surface area (Å²) in [6.45, 7) is 13.1. The SMILES string of the molecule is CC1CCN(CCOc2ccc(Cl)cc2C(C)(C)C)CC1.O=C(O)C(=O)O. The Kier molecular flexibility index (Phi) is 9.06. The Morgan fingerprint density at radius 1 is 1.19 bits per heavy atom. The standard InChI is InChI=1S/C18H28ClNO.C2H2O4/c1-14-7-9-20(10-8-14)11-12-21-17-6-5-15(19)13-16(17)18(2,3)4;3-1(4)2(5)6/h5-6,13-14H,7-12H2,1-4H3;(H,3,4)(H,5,6). The number of aliphatic carboxylic acids is 2. The largest absolute Gasteiger partial charge is 0.492 e. The molecule has 0 saturated carbocycles. The van der Waals surface area contributed by atoms with Crippen LogP contribution < -0.4 is 4.74 Å². The van der Waals surface area contributed by atoms with E-state index < -0.39 is 11.9 Å². The first-order valence-corrected chi connectivity index (χ1v) is 9.50. The Hall–Kier alpha value is -1.79. The molecule has 0 aliphatic carbocycles. The first-order valence-electron chi connectivity index (χ1n) is 9.12. The second-order valence-corrected chi connectivity index (χ2v) is 8.31. The van der Waals surface area contributed by atoms with Gasteiger partial charge in [0.05, 0.1) is 0 Å². The van der Waals surface area contributed by atoms with Gasteiger partial charge in [0.1, 0.15) is 12.4 Å². The van der Waals surface area contributed by atoms with Gasteiger partial charge in [-0.3, -0.25) is 4.90 Å². The Balaban J connectivity index is 0.000000527. The second-order valence-electron chi connectivity index (χ2n) is 7.87. The smallest absolute Gasteiger partial charge is 0.414 e. The Morgan fingerprint density at radius 2 is 1.74 bits per heavy atom. The maximum atomic E-state index is 9.10. The molecule has 0 aromatic heterocycles. The van der Waals surface area contributed by atoms with Crippen molar-refractivity contribution >= 4 is 23.5 Å². The first kappa shape index (κ1) is 23.2. The van der Waals surface area contributed by atoms with Gasteiger partial charge in [-0.15, -0.1) is 0 Å². The Morgan fingerprint density at radius 3 is 2.22 bits per heavy atom. The minimum Gasteiger partial charge on any atom is -0.492 e. The molecular formula is C20H30ClNO5. The minimum absolute atomic E-state index is 0.0425. The van der Waals surface area contributed by atoms with E-state index in [-0.39, 0.29) is 5.41 Å². The van der Waals surface area contributed by atoms with Crippen LogP contribution in [-0.4, -0.2) is 53.3 Å². The van der Waals surface area contributed by atoms with E-state index >= 15 is 0 Å². The number of ether oxygens (including phenoxy) is 1. The number of nitrogens with zero attached hydrogens (tertiary/aromatic N) is 1. The molecule has 1 aliphatic heterocycles. The van der Waals surface area contributed by atoms with Crippen molar-refractivity contribution in [3.05, 3.63) is 28.8 Å². The Bertz CT molecular complexity index is 622. The van der Waals surface area contributed by atoms with Gasteiger partial charge in [-0.2, -0.15) is 0 Å². The number of benzene rings is 1. The third kappa shape index (κ3) is 8.63. The molecule has 0 atom stereocenters. The Labute approximate surface area is 166 Å². The summed E-state index contributed by atoms with van der Waals surface area (Å²) in [7, 11) is 0. The molecule has 1 aromatic rings. The van der Waals surface area contributed by atoms with E-state index in [0.717, 1.165) is 29.8 Å². The third-order valence-corrected chi connectivity index (χ3v) is 4.71. The predicted octanol–water partition coefficient (Wildman–Crippen LogP) is 3.90. The molecule has 1 aliphatic rings. The lowest BCUT2D eigenvalue weighted by Gasteiger charge is -2.30. The van der Waals surface area contributed by atoms with Crippen LogP contribution in [0.2, 0.25) is 5.02 Å². The van der Waals surface area contributed by atoms with Gasteiger partial charge >= 0.3 is 11.9 Å². The van der Waals surface area contributed by atoms with Crippen LogP contribution in [-0.2, 0) is 15.0 Å². The van der Waals surface area contributed by atoms with E-state index in [2.05, 4.69) is 32.6 Å². The number of carboxylic acid groups (broad SMARTS) is 2. The summed E-state index contributed by atoms with van der Waals surface area (Å²) in [5.41, 5.74) is 1.23. The molecule has 2 N–H and O–H groups in total. The van der Waals surface area contributed by atoms with Gasteiger partial charge in [-0.1, -0.05) is 39.3 Å². The lowest BCUT2D eigenvalue weighted by Crippen LogP contribution is -2.35. The van der Waals surface area contributed by atoms with Crippen molar-refractivity contribution in [1.29, 1.82) is 0 Å². The van der Waals surface area contributed by atoms with Gasteiger partial charge in [0, 0.05) is 17.1 Å². The predicted molar refractivity (Wildman–Crippen MR) is 106 cm³/mol. The molecule has 152 valence electrons. The monoisotopic (exact) mass is 399 g/mol. The second kappa shape index (κ2) is 10.5. The molecule has 1 fully saturated rings. The fourth-order valence-electron chi connectivity index (χ4n) is 2.78. The van der Waals surface area contributed by atoms with E-state index in [4.69, 9.17) is 36.1 Å². The fraction of sp³-hybridized carbons (Fsp3) is 0.600. The molecule has 2 rings (SSSR count). The van der Waals surface area contributed by atoms with Crippen molar-refractivity contribution in [3.63, 3.8) is 0 Å². The highest BCUT2D eigenvalue weighted by Crippen LogP contribution is 2.33. The zero-order valence-electron chi connectivity index (χ0n) is 16.5. The van der Waals surface area contributed by atoms with Gasteiger partial charge < -0.3 is 14.9 Å². The van der Waals surface area contributed by atoms with E-state index in [0.29, 0.717) is 0 Å². The van der Waals surface area contributed by atoms with Crippen LogP contribution in [0.5, 0.6) is 5.75 Å². The number of carbonyl (C=O) groups is 2. The number of rotatable bonds is 4. The summed E-state index contributed by atoms with van der Waals surface area (Å²) in [5.74, 6) is -1.80. The number of piperidine rings is 1. The van der Waals surface area contributed by atoms with Crippen LogP contribution in [0.15, 0.2) is 18.2 Å². The number of hydrogen-bond acceptors (Lipinski definition) is 4. The minimum atomic E-state index is -1.82. The van der Waals surface area contributed by atoms with Gasteiger partial charge in [0.15, 0.2) is 0 Å². The van der Waals surface area contributed by atoms with Crippen molar-refractivity contribution in [3.8, 4) is 5.75 Å². The average Bonchev–Trinajstić information content (AvgIpc) is 2.57. The average molecular weight is 400 g/mol. The van der Waals surface area contributed by atoms with Gasteiger partial charge in [0.2, 0.25) is 0 Å². The van der Waals surface area contributed by atoms with Crippen LogP contribution in [0.25, 0.3) is 0 Å². The summed E-state index contributed by atoms with van der Waals surface area (Å²) in [5, 5.41) is 15.6. The van der Waals surface area contributed by atoms with E-state index in [1.54, 1.807) is 0 Å². The first-order chi connectivity index (χ1) is 12.5. The molecule has 6 nitrogen and oxygen atoms in total. The van der Waals surface area contributed by atoms with Crippen LogP contribution in [0.3, 0.4) is 0 Å². The fourth-order valence-corrected chi connectivity index (χ4v) is 2.96. The molecule has 27 heavy (non-hydrogen) atoms. The molecule has 1 saturated heterocycles. The molecular weight excluding hydrogens is 370 g/mol. The lowest BCUT2D eigenvalue weighted by molar-refractivity contribution is -0.159. The summed E-state index contributed by atoms with van der Waals surface area (Å²) in [4.78, 5) is 20.7. The molecule has 0 amide bonds. The van der Waals surface area contributed by atoms with Crippen molar-refractivity contribution in [1.82, 2.24) is 4.90 Å². The third-order valence-electron chi connectivity index (χ3n) is 4.47. The van der Waals surface area contributed by atoms with E-state index in [9.17, 15) is 0 Å². The molecule has 1 heterocycles. The van der Waals surface area contributed by atoms with Gasteiger partial charge in [-0.25, -0.2) is 9.59 Å². The van der Waals surface area contributed by atoms with E-state index in [1.807, 2.05) is 18.2 Å². The van der Waals surface area contributed by atoms with Crippen molar-refractivity contribution in [2.75, 3.05) is 26.2 Å². The van der Waals surface area contributed by atoms with Crippen LogP contribution in [0.1, 0.15) is 46.1 Å². The molecule has 0 unspecified atom stereocenters. The molecule has 7 heteroatoms. The van der Waals surface area contributed by atoms with Crippen LogP contribution >= 0.6 is 11.6 Å². The summed E-state index contributed by atoms with van der Waals surface area (Å²) < 4.78 is 6.05. The number of halogens is 1. The quantitative estimate of drug-likeness (QED) is 0.746. The summed E-state index contributed by atoms with van der Waals surface area (Å²) in [6, 6.07) is 5.94. The number of likely N-dealkylation sites (tertiary alicyclic amines) is 1. The topological polar surface area (TPSA) is 87.1 Å². The highest BCUT2D eigenvalue weighted by Gasteiger charge is 2.20. The maximum absolute atomic E-state index is 9.10. The number of carboxylic acids is 2. The zero-order valence-corrected chi connectivity index (χ0v) is 17.3. The normalized spacial score (nSPS) is 15.6. The summed E-state index contributed by atoms with van der Waals surface area (Å²) >= 11 is 6.13. The molecule has 1 aromatic carbocycles. The highest BCUT2D eigenvalue weighted by atomic mass is 35.5. The lowest BCUT2D eigenvalue weighted by atomic mass is 9.86. The molecule has 0 bridgehead atoms. The van der Waals surface area contributed by atoms with Crippen LogP contribution in [0.4, 0.5) is 0 Å². The number of hydrogen-bond donors (Lipinski definition) is 2. The molecule has 0 spiro atoms. The van der Waals surface area contributed by atoms with Crippen molar-refractivity contribution < 1.29 is 24.5 Å². The highest BCUT2D eigenvalue weighted by molar-refractivity contribution is 6.30. The van der Waals surface area contributed by atoms with Gasteiger partial charge in [-0.05, 0) is 55.5 Å². The van der Waals surface area contributed by atoms with Crippen molar-refractivity contribution in [2.24, 2.45) is 5.92 Å².